The van der Waals surface area contributed by atoms with Crippen LogP contribution in [0.5, 0.6) is 0 Å². The second-order valence-electron chi connectivity index (χ2n) is 6.51. The third-order valence-electron chi connectivity index (χ3n) is 4.42. The van der Waals surface area contributed by atoms with E-state index in [0.717, 1.165) is 0 Å². The number of hydrogen-bond donors (Lipinski definition) is 2. The van der Waals surface area contributed by atoms with Crippen LogP contribution >= 0.6 is 0 Å². The fourth-order valence-electron chi connectivity index (χ4n) is 3.01. The third-order valence-corrected chi connectivity index (χ3v) is 4.42. The number of carbonyl (C=O) groups is 3. The number of carboxylic acid groups (broad SMARTS) is 1. The van der Waals surface area contributed by atoms with Crippen molar-refractivity contribution in [3.05, 3.63) is 75.8 Å². The maximum absolute atomic E-state index is 12.4. The van der Waals surface area contributed by atoms with E-state index < -0.39 is 34.7 Å². The van der Waals surface area contributed by atoms with Crippen LogP contribution in [0.4, 0.5) is 5.69 Å². The Kier molecular flexibility index (Phi) is 8.04. The third kappa shape index (κ3) is 6.40. The highest BCUT2D eigenvalue weighted by Crippen LogP contribution is 2.27. The largest absolute Gasteiger partial charge is 0.480 e. The van der Waals surface area contributed by atoms with E-state index in [9.17, 15) is 29.6 Å². The Morgan fingerprint density at radius 3 is 2.27 bits per heavy atom. The lowest BCUT2D eigenvalue weighted by Gasteiger charge is -2.25. The number of aliphatic carboxylic acids is 1. The summed E-state index contributed by atoms with van der Waals surface area (Å²) in [6.07, 6.45) is -0.342. The van der Waals surface area contributed by atoms with Gasteiger partial charge in [0.1, 0.15) is 6.04 Å². The van der Waals surface area contributed by atoms with Crippen molar-refractivity contribution in [3.8, 4) is 0 Å². The van der Waals surface area contributed by atoms with Crippen molar-refractivity contribution in [3.63, 3.8) is 0 Å². The average molecular weight is 414 g/mol. The van der Waals surface area contributed by atoms with E-state index in [2.05, 4.69) is 5.32 Å². The number of esters is 1. The molecule has 2 N–H and O–H groups in total. The monoisotopic (exact) mass is 414 g/mol. The number of nitro groups is 1. The van der Waals surface area contributed by atoms with Gasteiger partial charge in [-0.2, -0.15) is 0 Å². The fraction of sp³-hybridized carbons (Fsp3) is 0.286. The number of carbonyl (C=O) groups excluding carboxylic acids is 2. The number of nitrogens with one attached hydrogen (secondary N) is 1. The normalized spacial score (nSPS) is 12.4. The van der Waals surface area contributed by atoms with Crippen molar-refractivity contribution in [1.29, 1.82) is 0 Å². The highest BCUT2D eigenvalue weighted by atomic mass is 16.6. The number of carboxylic acids is 1. The first-order chi connectivity index (χ1) is 14.3. The molecule has 0 fully saturated rings. The van der Waals surface area contributed by atoms with Crippen LogP contribution in [0.3, 0.4) is 0 Å². The van der Waals surface area contributed by atoms with E-state index in [-0.39, 0.29) is 25.1 Å². The molecule has 0 saturated heterocycles. The molecule has 0 radical (unpaired) electrons. The second-order valence-corrected chi connectivity index (χ2v) is 6.51. The first-order valence-corrected chi connectivity index (χ1v) is 9.27. The van der Waals surface area contributed by atoms with Gasteiger partial charge in [0, 0.05) is 18.1 Å². The number of non-ortho nitro benzene ring substituents is 1. The van der Waals surface area contributed by atoms with Crippen LogP contribution in [-0.2, 0) is 25.5 Å². The zero-order chi connectivity index (χ0) is 22.1. The van der Waals surface area contributed by atoms with E-state index in [1.807, 2.05) is 0 Å². The van der Waals surface area contributed by atoms with Crippen molar-refractivity contribution < 1.29 is 29.2 Å². The number of rotatable bonds is 10. The molecule has 30 heavy (non-hydrogen) atoms. The Labute approximate surface area is 172 Å². The maximum atomic E-state index is 12.4. The van der Waals surface area contributed by atoms with E-state index in [4.69, 9.17) is 4.74 Å². The van der Waals surface area contributed by atoms with Crippen LogP contribution in [0.15, 0.2) is 54.6 Å². The zero-order valence-corrected chi connectivity index (χ0v) is 16.3. The molecule has 0 aliphatic heterocycles. The Morgan fingerprint density at radius 1 is 1.10 bits per heavy atom. The highest BCUT2D eigenvalue weighted by Gasteiger charge is 2.33. The molecule has 0 bridgehead atoms. The molecule has 9 nitrogen and oxygen atoms in total. The summed E-state index contributed by atoms with van der Waals surface area (Å²) in [5, 5.41) is 23.1. The van der Waals surface area contributed by atoms with Crippen molar-refractivity contribution in [2.24, 2.45) is 0 Å². The number of nitro benzene ring substituents is 1. The molecule has 0 aromatic heterocycles. The van der Waals surface area contributed by atoms with Gasteiger partial charge in [0.25, 0.3) is 5.69 Å². The van der Waals surface area contributed by atoms with Crippen LogP contribution in [0.25, 0.3) is 0 Å². The molecular weight excluding hydrogens is 392 g/mol. The van der Waals surface area contributed by atoms with Crippen LogP contribution in [-0.4, -0.2) is 40.5 Å². The van der Waals surface area contributed by atoms with E-state index in [1.54, 1.807) is 37.3 Å². The molecule has 2 aromatic carbocycles. The lowest BCUT2D eigenvalue weighted by Crippen LogP contribution is -2.46. The summed E-state index contributed by atoms with van der Waals surface area (Å²) in [4.78, 5) is 46.8. The second kappa shape index (κ2) is 10.7. The Hall–Kier alpha value is -3.75. The van der Waals surface area contributed by atoms with Crippen molar-refractivity contribution >= 4 is 23.5 Å². The van der Waals surface area contributed by atoms with Crippen LogP contribution in [0.1, 0.15) is 30.4 Å². The van der Waals surface area contributed by atoms with Gasteiger partial charge >= 0.3 is 11.9 Å². The smallest absolute Gasteiger partial charge is 0.326 e. The molecule has 0 heterocycles. The van der Waals surface area contributed by atoms with Gasteiger partial charge < -0.3 is 15.2 Å². The van der Waals surface area contributed by atoms with Crippen molar-refractivity contribution in [2.45, 2.75) is 31.7 Å². The topological polar surface area (TPSA) is 136 Å². The lowest BCUT2D eigenvalue weighted by atomic mass is 9.88. The summed E-state index contributed by atoms with van der Waals surface area (Å²) in [5.41, 5.74) is 0.895. The Morgan fingerprint density at radius 2 is 1.73 bits per heavy atom. The summed E-state index contributed by atoms with van der Waals surface area (Å²) < 4.78 is 4.93. The molecule has 0 saturated carbocycles. The van der Waals surface area contributed by atoms with Gasteiger partial charge in [-0.25, -0.2) is 4.79 Å². The predicted octanol–water partition coefficient (Wildman–Crippen LogP) is 2.44. The first kappa shape index (κ1) is 22.5. The quantitative estimate of drug-likeness (QED) is 0.346. The van der Waals surface area contributed by atoms with Gasteiger partial charge in [-0.05, 0) is 18.1 Å². The Balaban J connectivity index is 2.28. The average Bonchev–Trinajstić information content (AvgIpc) is 2.71. The van der Waals surface area contributed by atoms with E-state index in [1.165, 1.54) is 24.3 Å². The molecule has 9 heteroatoms. The predicted molar refractivity (Wildman–Crippen MR) is 107 cm³/mol. The van der Waals surface area contributed by atoms with Gasteiger partial charge in [-0.3, -0.25) is 19.7 Å². The molecule has 0 aliphatic rings. The summed E-state index contributed by atoms with van der Waals surface area (Å²) in [5.74, 6) is -3.46. The molecule has 0 unspecified atom stereocenters. The minimum Gasteiger partial charge on any atom is -0.480 e. The Bertz CT molecular complexity index is 897. The summed E-state index contributed by atoms with van der Waals surface area (Å²) >= 11 is 0. The minimum absolute atomic E-state index is 0.0307. The minimum atomic E-state index is -1.42. The van der Waals surface area contributed by atoms with Gasteiger partial charge in [0.2, 0.25) is 5.91 Å². The number of amides is 1. The lowest BCUT2D eigenvalue weighted by molar-refractivity contribution is -0.384. The molecule has 2 rings (SSSR count). The molecule has 158 valence electrons. The highest BCUT2D eigenvalue weighted by molar-refractivity contribution is 5.86. The molecule has 0 aliphatic carbocycles. The van der Waals surface area contributed by atoms with Crippen molar-refractivity contribution in [1.82, 2.24) is 5.32 Å². The molecule has 0 spiro atoms. The molecule has 2 aromatic rings. The SMILES string of the molecule is CCOC(=O)C[C@H](c1ccc([N+](=O)[O-])cc1)[C@@H](NC(=O)Cc1ccccc1)C(=O)O. The van der Waals surface area contributed by atoms with Crippen LogP contribution in [0, 0.1) is 10.1 Å². The summed E-state index contributed by atoms with van der Waals surface area (Å²) in [6, 6.07) is 12.6. The molecule has 2 atom stereocenters. The van der Waals surface area contributed by atoms with Gasteiger partial charge in [0.05, 0.1) is 24.4 Å². The zero-order valence-electron chi connectivity index (χ0n) is 16.3. The fourth-order valence-corrected chi connectivity index (χ4v) is 3.01. The molecule has 1 amide bonds. The van der Waals surface area contributed by atoms with Gasteiger partial charge in [-0.15, -0.1) is 0 Å². The van der Waals surface area contributed by atoms with E-state index >= 15 is 0 Å². The van der Waals surface area contributed by atoms with Crippen LogP contribution in [0.2, 0.25) is 0 Å². The number of benzene rings is 2. The summed E-state index contributed by atoms with van der Waals surface area (Å²) in [6.45, 7) is 1.74. The summed E-state index contributed by atoms with van der Waals surface area (Å²) in [7, 11) is 0. The maximum Gasteiger partial charge on any atom is 0.326 e. The van der Waals surface area contributed by atoms with Crippen molar-refractivity contribution in [2.75, 3.05) is 6.61 Å². The number of ether oxygens (including phenoxy) is 1. The number of nitrogens with zero attached hydrogens (tertiary/aromatic N) is 1. The van der Waals surface area contributed by atoms with Gasteiger partial charge in [0.15, 0.2) is 0 Å². The standard InChI is InChI=1S/C21H22N2O7/c1-2-30-19(25)13-17(15-8-10-16(11-9-15)23(28)29)20(21(26)27)22-18(24)12-14-6-4-3-5-7-14/h3-11,17,20H,2,12-13H2,1H3,(H,22,24)(H,26,27)/t17-,20-/m1/s1. The van der Waals surface area contributed by atoms with Gasteiger partial charge in [-0.1, -0.05) is 42.5 Å². The first-order valence-electron chi connectivity index (χ1n) is 9.27. The van der Waals surface area contributed by atoms with Crippen LogP contribution < -0.4 is 5.32 Å². The molecular formula is C21H22N2O7. The van der Waals surface area contributed by atoms with E-state index in [0.29, 0.717) is 11.1 Å². The number of hydrogen-bond acceptors (Lipinski definition) is 6.